The van der Waals surface area contributed by atoms with Gasteiger partial charge in [0.05, 0.1) is 68.4 Å². The zero-order chi connectivity index (χ0) is 38.1. The van der Waals surface area contributed by atoms with Crippen LogP contribution in [-0.4, -0.2) is 86.2 Å². The van der Waals surface area contributed by atoms with Gasteiger partial charge in [-0.15, -0.1) is 0 Å². The first-order valence-electron chi connectivity index (χ1n) is 18.5. The fourth-order valence-corrected chi connectivity index (χ4v) is 7.11. The number of imidazole rings is 1. The number of aromatic nitrogens is 6. The van der Waals surface area contributed by atoms with E-state index in [-0.39, 0.29) is 32.2 Å². The molecule has 0 atom stereocenters. The Morgan fingerprint density at radius 2 is 1.53 bits per heavy atom. The number of hydrogen-bond donors (Lipinski definition) is 1. The number of benzene rings is 3. The second-order valence-electron chi connectivity index (χ2n) is 13.5. The van der Waals surface area contributed by atoms with E-state index in [4.69, 9.17) is 24.9 Å². The average molecular weight is 740 g/mol. The molecule has 0 spiro atoms. The van der Waals surface area contributed by atoms with Gasteiger partial charge in [-0.2, -0.15) is 15.5 Å². The molecule has 0 fully saturated rings. The number of ether oxygens (including phenoxy) is 3. The molecule has 7 rings (SSSR count). The van der Waals surface area contributed by atoms with Gasteiger partial charge in [0.25, 0.3) is 0 Å². The number of amides is 1. The third-order valence-electron chi connectivity index (χ3n) is 9.76. The van der Waals surface area contributed by atoms with Crippen LogP contribution in [0.2, 0.25) is 0 Å². The highest BCUT2D eigenvalue weighted by Crippen LogP contribution is 2.44. The van der Waals surface area contributed by atoms with Crippen LogP contribution in [0.3, 0.4) is 0 Å². The summed E-state index contributed by atoms with van der Waals surface area (Å²) in [6.45, 7) is 3.09. The Labute approximate surface area is 320 Å². The molecule has 0 unspecified atom stereocenters. The maximum Gasteiger partial charge on any atom is 0.410 e. The lowest BCUT2D eigenvalue weighted by Crippen LogP contribution is -2.36. The molecule has 1 aliphatic carbocycles. The Hall–Kier alpha value is -6.07. The van der Waals surface area contributed by atoms with Crippen molar-refractivity contribution in [3.05, 3.63) is 126 Å². The normalized spacial score (nSPS) is 12.0. The molecule has 13 nitrogen and oxygen atoms in total. The first-order valence-corrected chi connectivity index (χ1v) is 18.5. The smallest absolute Gasteiger partial charge is 0.410 e. The van der Waals surface area contributed by atoms with E-state index in [1.165, 1.54) is 0 Å². The van der Waals surface area contributed by atoms with Crippen LogP contribution in [0.15, 0.2) is 97.6 Å². The highest BCUT2D eigenvalue weighted by molar-refractivity contribution is 5.80. The van der Waals surface area contributed by atoms with Crippen molar-refractivity contribution in [2.75, 3.05) is 46.1 Å². The van der Waals surface area contributed by atoms with Gasteiger partial charge in [-0.25, -0.2) is 9.78 Å². The number of carbonyl (C=O) groups is 1. The van der Waals surface area contributed by atoms with Gasteiger partial charge in [-0.1, -0.05) is 60.7 Å². The van der Waals surface area contributed by atoms with E-state index in [0.717, 1.165) is 50.3 Å². The molecule has 1 aliphatic rings. The fourth-order valence-electron chi connectivity index (χ4n) is 7.11. The van der Waals surface area contributed by atoms with Crippen LogP contribution in [0.4, 0.5) is 4.79 Å². The number of nitrogens with zero attached hydrogens (tertiary/aromatic N) is 8. The molecule has 0 saturated carbocycles. The Morgan fingerprint density at radius 1 is 0.855 bits per heavy atom. The maximum absolute atomic E-state index is 14.2. The van der Waals surface area contributed by atoms with Gasteiger partial charge in [0, 0.05) is 63.2 Å². The van der Waals surface area contributed by atoms with Crippen molar-refractivity contribution < 1.29 is 19.0 Å². The molecular weight excluding hydrogens is 695 g/mol. The lowest BCUT2D eigenvalue weighted by molar-refractivity contribution is 0.0357. The van der Waals surface area contributed by atoms with Crippen LogP contribution >= 0.6 is 0 Å². The zero-order valence-electron chi connectivity index (χ0n) is 31.2. The van der Waals surface area contributed by atoms with Gasteiger partial charge in [-0.05, 0) is 46.4 Å². The van der Waals surface area contributed by atoms with E-state index in [0.29, 0.717) is 50.7 Å². The van der Waals surface area contributed by atoms with Crippen LogP contribution in [-0.2, 0) is 47.8 Å². The van der Waals surface area contributed by atoms with Crippen LogP contribution in [0.25, 0.3) is 33.6 Å². The topological polar surface area (TPSA) is 151 Å². The summed E-state index contributed by atoms with van der Waals surface area (Å²) in [6.07, 6.45) is 7.77. The van der Waals surface area contributed by atoms with Crippen molar-refractivity contribution in [1.29, 1.82) is 5.26 Å². The second kappa shape index (κ2) is 17.4. The van der Waals surface area contributed by atoms with Crippen LogP contribution in [0.5, 0.6) is 0 Å². The third kappa shape index (κ3) is 8.52. The van der Waals surface area contributed by atoms with E-state index in [9.17, 15) is 10.1 Å². The Balaban J connectivity index is 1.22. The predicted octanol–water partition coefficient (Wildman–Crippen LogP) is 5.54. The molecule has 2 N–H and O–H groups in total. The molecule has 3 aromatic carbocycles. The SMILES string of the molecule is Cn1cc(CCn2c(CN(CCOCCOCCN)C(=O)OCC3c4ccccc4-c4ccccc43)nc(-c3cnn(C)c3)c2-c2ccc(C#N)cc2)cn1. The first kappa shape index (κ1) is 37.3. The molecule has 0 bridgehead atoms. The number of nitriles is 1. The minimum absolute atomic E-state index is 0.0872. The third-order valence-corrected chi connectivity index (χ3v) is 9.76. The van der Waals surface area contributed by atoms with E-state index in [1.54, 1.807) is 32.6 Å². The van der Waals surface area contributed by atoms with Crippen molar-refractivity contribution in [1.82, 2.24) is 34.0 Å². The minimum atomic E-state index is -0.463. The molecular formula is C42H45N9O4. The van der Waals surface area contributed by atoms with Crippen molar-refractivity contribution in [2.45, 2.75) is 25.4 Å². The van der Waals surface area contributed by atoms with Crippen LogP contribution in [0.1, 0.15) is 34.0 Å². The lowest BCUT2D eigenvalue weighted by Gasteiger charge is -2.24. The fraction of sp³-hybridized carbons (Fsp3) is 0.310. The van der Waals surface area contributed by atoms with E-state index < -0.39 is 6.09 Å². The van der Waals surface area contributed by atoms with Crippen LogP contribution in [0, 0.1) is 11.3 Å². The molecule has 3 heterocycles. The second-order valence-corrected chi connectivity index (χ2v) is 13.5. The lowest BCUT2D eigenvalue weighted by atomic mass is 9.98. The molecule has 1 amide bonds. The molecule has 55 heavy (non-hydrogen) atoms. The summed E-state index contributed by atoms with van der Waals surface area (Å²) in [5.74, 6) is 0.581. The van der Waals surface area contributed by atoms with Gasteiger partial charge in [0.15, 0.2) is 0 Å². The van der Waals surface area contributed by atoms with Crippen molar-refractivity contribution >= 4 is 6.09 Å². The van der Waals surface area contributed by atoms with E-state index in [1.807, 2.05) is 69.1 Å². The van der Waals surface area contributed by atoms with Crippen molar-refractivity contribution in [3.8, 4) is 39.7 Å². The average Bonchev–Trinajstić information content (AvgIpc) is 3.99. The Bertz CT molecular complexity index is 2220. The van der Waals surface area contributed by atoms with Crippen LogP contribution < -0.4 is 5.73 Å². The summed E-state index contributed by atoms with van der Waals surface area (Å²) < 4.78 is 23.3. The monoisotopic (exact) mass is 739 g/mol. The largest absolute Gasteiger partial charge is 0.448 e. The molecule has 282 valence electrons. The number of fused-ring (bicyclic) bond motifs is 3. The van der Waals surface area contributed by atoms with Crippen molar-refractivity contribution in [2.24, 2.45) is 19.8 Å². The van der Waals surface area contributed by atoms with Crippen molar-refractivity contribution in [3.63, 3.8) is 0 Å². The van der Waals surface area contributed by atoms with Gasteiger partial charge in [0.1, 0.15) is 12.4 Å². The van der Waals surface area contributed by atoms with Gasteiger partial charge in [0.2, 0.25) is 0 Å². The summed E-state index contributed by atoms with van der Waals surface area (Å²) in [5.41, 5.74) is 15.1. The Kier molecular flexibility index (Phi) is 11.8. The molecule has 13 heteroatoms. The van der Waals surface area contributed by atoms with Gasteiger partial charge < -0.3 is 24.5 Å². The molecule has 0 radical (unpaired) electrons. The first-order chi connectivity index (χ1) is 26.9. The zero-order valence-corrected chi connectivity index (χ0v) is 31.2. The van der Waals surface area contributed by atoms with E-state index >= 15 is 0 Å². The van der Waals surface area contributed by atoms with E-state index in [2.05, 4.69) is 45.1 Å². The number of rotatable bonds is 17. The van der Waals surface area contributed by atoms with Gasteiger partial charge in [-0.3, -0.25) is 14.3 Å². The summed E-state index contributed by atoms with van der Waals surface area (Å²) in [6, 6.07) is 26.3. The maximum atomic E-state index is 14.2. The quantitative estimate of drug-likeness (QED) is 0.119. The summed E-state index contributed by atoms with van der Waals surface area (Å²) >= 11 is 0. The predicted molar refractivity (Wildman–Crippen MR) is 208 cm³/mol. The number of carbonyl (C=O) groups excluding carboxylic acids is 1. The number of aryl methyl sites for hydroxylation is 3. The molecule has 6 aromatic rings. The minimum Gasteiger partial charge on any atom is -0.448 e. The number of nitrogens with two attached hydrogens (primary N) is 1. The molecule has 3 aromatic heterocycles. The highest BCUT2D eigenvalue weighted by atomic mass is 16.6. The molecule has 0 saturated heterocycles. The van der Waals surface area contributed by atoms with Gasteiger partial charge >= 0.3 is 6.09 Å². The molecule has 0 aliphatic heterocycles. The summed E-state index contributed by atoms with van der Waals surface area (Å²) in [7, 11) is 3.76. The standard InChI is InChI=1S/C42H45N9O4/c1-48-26-31(24-45-48)15-17-51-39(47-40(33-25-46-49(2)27-33)41(51)32-13-11-30(23-44)12-14-32)28-50(18-20-54-22-21-53-19-16-43)42(52)55-29-38-36-9-5-3-7-34(36)35-8-4-6-10-37(35)38/h3-14,24-27,38H,15-22,28-29,43H2,1-2H3. The number of hydrogen-bond acceptors (Lipinski definition) is 9. The summed E-state index contributed by atoms with van der Waals surface area (Å²) in [5, 5.41) is 18.4. The Morgan fingerprint density at radius 3 is 2.16 bits per heavy atom. The highest BCUT2D eigenvalue weighted by Gasteiger charge is 2.31. The summed E-state index contributed by atoms with van der Waals surface area (Å²) in [4.78, 5) is 21.1.